The highest BCUT2D eigenvalue weighted by Crippen LogP contribution is 2.35. The first-order valence-electron chi connectivity index (χ1n) is 8.87. The molecule has 0 aliphatic rings. The molecular formula is C21H19N3O4. The van der Waals surface area contributed by atoms with Crippen molar-refractivity contribution in [2.24, 2.45) is 0 Å². The van der Waals surface area contributed by atoms with Crippen molar-refractivity contribution in [2.45, 2.75) is 13.5 Å². The molecule has 2 aromatic heterocycles. The summed E-state index contributed by atoms with van der Waals surface area (Å²) in [6.07, 6.45) is 3.32. The number of benzene rings is 2. The summed E-state index contributed by atoms with van der Waals surface area (Å²) in [6, 6.07) is 14.7. The van der Waals surface area contributed by atoms with Crippen molar-refractivity contribution in [1.82, 2.24) is 14.5 Å². The zero-order valence-corrected chi connectivity index (χ0v) is 15.3. The van der Waals surface area contributed by atoms with E-state index in [9.17, 15) is 9.59 Å². The molecule has 0 atom stereocenters. The second-order valence-electron chi connectivity index (χ2n) is 6.41. The van der Waals surface area contributed by atoms with Crippen LogP contribution in [0.4, 0.5) is 0 Å². The molecule has 0 unspecified atom stereocenters. The Bertz CT molecular complexity index is 1240. The van der Waals surface area contributed by atoms with Gasteiger partial charge in [-0.15, -0.1) is 0 Å². The van der Waals surface area contributed by atoms with Crippen LogP contribution in [-0.4, -0.2) is 21.1 Å². The highest BCUT2D eigenvalue weighted by atomic mass is 16.5. The molecule has 0 radical (unpaired) electrons. The maximum Gasteiger partial charge on any atom is 0.328 e. The fraction of sp³-hybridized carbons (Fsp3) is 0.143. The van der Waals surface area contributed by atoms with Crippen LogP contribution >= 0.6 is 0 Å². The summed E-state index contributed by atoms with van der Waals surface area (Å²) < 4.78 is 13.4. The van der Waals surface area contributed by atoms with Gasteiger partial charge in [-0.2, -0.15) is 0 Å². The van der Waals surface area contributed by atoms with Gasteiger partial charge in [-0.3, -0.25) is 14.3 Å². The van der Waals surface area contributed by atoms with Crippen LogP contribution in [-0.2, 0) is 6.54 Å². The predicted octanol–water partition coefficient (Wildman–Crippen LogP) is 3.20. The molecule has 2 aromatic carbocycles. The van der Waals surface area contributed by atoms with Gasteiger partial charge >= 0.3 is 5.69 Å². The van der Waals surface area contributed by atoms with Crippen LogP contribution in [0.25, 0.3) is 10.9 Å². The number of ether oxygens (including phenoxy) is 2. The van der Waals surface area contributed by atoms with Gasteiger partial charge in [-0.05, 0) is 42.8 Å². The molecule has 0 fully saturated rings. The number of hydrogen-bond acceptors (Lipinski definition) is 4. The van der Waals surface area contributed by atoms with Crippen LogP contribution < -0.4 is 20.7 Å². The molecule has 0 saturated heterocycles. The summed E-state index contributed by atoms with van der Waals surface area (Å²) in [4.78, 5) is 28.3. The van der Waals surface area contributed by atoms with Gasteiger partial charge in [0, 0.05) is 23.8 Å². The SMILES string of the molecule is Cc1cc(Oc2ccccc2OCCn2ccc(=O)[nH]c2=O)c2[nH]ccc2c1. The topological polar surface area (TPSA) is 89.1 Å². The van der Waals surface area contributed by atoms with Crippen LogP contribution in [0.5, 0.6) is 17.2 Å². The quantitative estimate of drug-likeness (QED) is 0.540. The van der Waals surface area contributed by atoms with E-state index in [2.05, 4.69) is 16.0 Å². The van der Waals surface area contributed by atoms with Gasteiger partial charge in [0.2, 0.25) is 0 Å². The monoisotopic (exact) mass is 377 g/mol. The van der Waals surface area contributed by atoms with Crippen LogP contribution in [0.15, 0.2) is 70.5 Å². The lowest BCUT2D eigenvalue weighted by Gasteiger charge is -2.14. The van der Waals surface area contributed by atoms with Crippen LogP contribution in [0, 0.1) is 6.92 Å². The minimum atomic E-state index is -0.463. The average molecular weight is 377 g/mol. The smallest absolute Gasteiger partial charge is 0.328 e. The fourth-order valence-electron chi connectivity index (χ4n) is 3.01. The van der Waals surface area contributed by atoms with E-state index in [0.29, 0.717) is 23.8 Å². The summed E-state index contributed by atoms with van der Waals surface area (Å²) in [5.41, 5.74) is 1.13. The number of aryl methyl sites for hydroxylation is 1. The Morgan fingerprint density at radius 1 is 1.00 bits per heavy atom. The van der Waals surface area contributed by atoms with Gasteiger partial charge in [-0.25, -0.2) is 4.79 Å². The van der Waals surface area contributed by atoms with Crippen LogP contribution in [0.3, 0.4) is 0 Å². The van der Waals surface area contributed by atoms with Gasteiger partial charge in [0.1, 0.15) is 6.61 Å². The Labute approximate surface area is 160 Å². The van der Waals surface area contributed by atoms with Gasteiger partial charge in [-0.1, -0.05) is 12.1 Å². The van der Waals surface area contributed by atoms with Crippen LogP contribution in [0.2, 0.25) is 0 Å². The van der Waals surface area contributed by atoms with Crippen molar-refractivity contribution in [3.63, 3.8) is 0 Å². The van der Waals surface area contributed by atoms with Crippen molar-refractivity contribution in [3.05, 3.63) is 87.3 Å². The van der Waals surface area contributed by atoms with Crippen molar-refractivity contribution in [2.75, 3.05) is 6.61 Å². The zero-order chi connectivity index (χ0) is 19.5. The van der Waals surface area contributed by atoms with Gasteiger partial charge in [0.15, 0.2) is 17.2 Å². The number of aromatic amines is 2. The van der Waals surface area contributed by atoms with Crippen molar-refractivity contribution < 1.29 is 9.47 Å². The van der Waals surface area contributed by atoms with Crippen molar-refractivity contribution >= 4 is 10.9 Å². The molecule has 0 saturated carbocycles. The molecule has 28 heavy (non-hydrogen) atoms. The summed E-state index contributed by atoms with van der Waals surface area (Å²) >= 11 is 0. The molecule has 4 aromatic rings. The normalized spacial score (nSPS) is 10.9. The van der Waals surface area contributed by atoms with E-state index in [1.54, 1.807) is 0 Å². The van der Waals surface area contributed by atoms with E-state index >= 15 is 0 Å². The summed E-state index contributed by atoms with van der Waals surface area (Å²) in [5, 5.41) is 1.07. The molecule has 7 heteroatoms. The Morgan fingerprint density at radius 3 is 2.64 bits per heavy atom. The third-order valence-electron chi connectivity index (χ3n) is 4.32. The van der Waals surface area contributed by atoms with E-state index in [-0.39, 0.29) is 6.61 Å². The summed E-state index contributed by atoms with van der Waals surface area (Å²) in [5.74, 6) is 1.87. The maximum absolute atomic E-state index is 11.7. The van der Waals surface area contributed by atoms with E-state index in [4.69, 9.17) is 9.47 Å². The molecule has 0 amide bonds. The van der Waals surface area contributed by atoms with Crippen molar-refractivity contribution in [3.8, 4) is 17.2 Å². The third kappa shape index (κ3) is 3.68. The number of nitrogens with one attached hydrogen (secondary N) is 2. The highest BCUT2D eigenvalue weighted by molar-refractivity contribution is 5.86. The number of rotatable bonds is 6. The van der Waals surface area contributed by atoms with Gasteiger partial charge in [0.25, 0.3) is 5.56 Å². The first-order chi connectivity index (χ1) is 13.6. The maximum atomic E-state index is 11.7. The molecule has 4 rings (SSSR count). The largest absolute Gasteiger partial charge is 0.488 e. The van der Waals surface area contributed by atoms with E-state index in [1.807, 2.05) is 49.5 Å². The Kier molecular flexibility index (Phi) is 4.72. The molecule has 0 spiro atoms. The first kappa shape index (κ1) is 17.7. The molecule has 7 nitrogen and oxygen atoms in total. The fourth-order valence-corrected chi connectivity index (χ4v) is 3.01. The minimum Gasteiger partial charge on any atom is -0.488 e. The number of H-pyrrole nitrogens is 2. The molecule has 2 heterocycles. The van der Waals surface area contributed by atoms with Gasteiger partial charge < -0.3 is 14.5 Å². The second kappa shape index (κ2) is 7.48. The third-order valence-corrected chi connectivity index (χ3v) is 4.32. The predicted molar refractivity (Wildman–Crippen MR) is 106 cm³/mol. The molecule has 2 N–H and O–H groups in total. The molecule has 142 valence electrons. The number of para-hydroxylation sites is 2. The van der Waals surface area contributed by atoms with Gasteiger partial charge in [0.05, 0.1) is 12.1 Å². The number of fused-ring (bicyclic) bond motifs is 1. The Hall–Kier alpha value is -3.74. The molecule has 0 aliphatic heterocycles. The lowest BCUT2D eigenvalue weighted by molar-refractivity contribution is 0.283. The lowest BCUT2D eigenvalue weighted by atomic mass is 10.1. The molecule has 0 aliphatic carbocycles. The van der Waals surface area contributed by atoms with E-state index in [1.165, 1.54) is 16.8 Å². The lowest BCUT2D eigenvalue weighted by Crippen LogP contribution is -2.30. The van der Waals surface area contributed by atoms with Crippen LogP contribution in [0.1, 0.15) is 5.56 Å². The Balaban J connectivity index is 1.53. The molecular weight excluding hydrogens is 358 g/mol. The Morgan fingerprint density at radius 2 is 1.82 bits per heavy atom. The van der Waals surface area contributed by atoms with Crippen molar-refractivity contribution in [1.29, 1.82) is 0 Å². The van der Waals surface area contributed by atoms with E-state index < -0.39 is 11.2 Å². The summed E-state index contributed by atoms with van der Waals surface area (Å²) in [6.45, 7) is 2.57. The molecule has 0 bridgehead atoms. The zero-order valence-electron chi connectivity index (χ0n) is 15.3. The minimum absolute atomic E-state index is 0.248. The number of nitrogens with zero attached hydrogens (tertiary/aromatic N) is 1. The van der Waals surface area contributed by atoms with E-state index in [0.717, 1.165) is 16.5 Å². The summed E-state index contributed by atoms with van der Waals surface area (Å²) in [7, 11) is 0. The average Bonchev–Trinajstić information content (AvgIpc) is 3.13. The second-order valence-corrected chi connectivity index (χ2v) is 6.41. The first-order valence-corrected chi connectivity index (χ1v) is 8.87. The number of aromatic nitrogens is 3. The highest BCUT2D eigenvalue weighted by Gasteiger charge is 2.10. The standard InChI is InChI=1S/C21H19N3O4/c1-14-12-15-6-8-22-20(15)18(13-14)28-17-5-3-2-4-16(17)27-11-10-24-9-7-19(25)23-21(24)26/h2-9,12-13,22H,10-11H2,1H3,(H,23,25,26). The number of hydrogen-bond donors (Lipinski definition) is 2.